The molecule has 0 radical (unpaired) electrons. The first kappa shape index (κ1) is 13.0. The van der Waals surface area contributed by atoms with E-state index in [-0.39, 0.29) is 18.1 Å². The predicted molar refractivity (Wildman–Crippen MR) is 74.0 cm³/mol. The number of aryl methyl sites for hydroxylation is 2. The number of nitrogens with zero attached hydrogens (tertiary/aromatic N) is 4. The molecule has 20 heavy (non-hydrogen) atoms. The lowest BCUT2D eigenvalue weighted by atomic mass is 10.0. The van der Waals surface area contributed by atoms with Crippen molar-refractivity contribution in [2.75, 3.05) is 12.3 Å². The lowest BCUT2D eigenvalue weighted by molar-refractivity contribution is 0.0520. The summed E-state index contributed by atoms with van der Waals surface area (Å²) < 4.78 is 6.30. The van der Waals surface area contributed by atoms with Gasteiger partial charge >= 0.3 is 5.97 Å². The maximum absolute atomic E-state index is 11.7. The number of nitrogen functional groups attached to an aromatic ring is 1. The number of anilines is 1. The third kappa shape index (κ3) is 2.15. The van der Waals surface area contributed by atoms with Crippen LogP contribution < -0.4 is 5.73 Å². The van der Waals surface area contributed by atoms with Gasteiger partial charge in [-0.1, -0.05) is 16.6 Å². The number of carbonyl (C=O) groups excluding carboxylic acids is 1. The van der Waals surface area contributed by atoms with Crippen LogP contribution in [0.25, 0.3) is 5.13 Å². The van der Waals surface area contributed by atoms with E-state index in [2.05, 4.69) is 15.3 Å². The molecule has 2 N–H and O–H groups in total. The van der Waals surface area contributed by atoms with E-state index in [4.69, 9.17) is 10.5 Å². The first-order valence-electron chi connectivity index (χ1n) is 6.58. The molecule has 0 fully saturated rings. The van der Waals surface area contributed by atoms with Crippen molar-refractivity contribution < 1.29 is 9.53 Å². The summed E-state index contributed by atoms with van der Waals surface area (Å²) >= 11 is 1.56. The van der Waals surface area contributed by atoms with E-state index >= 15 is 0 Å². The molecule has 3 rings (SSSR count). The zero-order valence-corrected chi connectivity index (χ0v) is 11.9. The van der Waals surface area contributed by atoms with Crippen molar-refractivity contribution in [2.24, 2.45) is 0 Å². The highest BCUT2D eigenvalue weighted by Crippen LogP contribution is 2.29. The molecule has 2 aromatic heterocycles. The number of carbonyl (C=O) groups is 1. The number of hydrogen-bond acceptors (Lipinski definition) is 7. The second-order valence-corrected chi connectivity index (χ2v) is 5.59. The number of ether oxygens (including phenoxy) is 1. The molecule has 8 heteroatoms. The predicted octanol–water partition coefficient (Wildman–Crippen LogP) is 1.36. The van der Waals surface area contributed by atoms with Crippen LogP contribution in [0.3, 0.4) is 0 Å². The average molecular weight is 293 g/mol. The number of nitrogens with two attached hydrogens (primary N) is 1. The third-order valence-electron chi connectivity index (χ3n) is 3.19. The standard InChI is InChI=1S/C12H15N5O2S/c1-2-19-11(18)9-10(13)17(16-15-9)12-14-7-5-3-4-6-8(7)20-12/h2-6,13H2,1H3. The van der Waals surface area contributed by atoms with Crippen molar-refractivity contribution in [3.8, 4) is 5.13 Å². The van der Waals surface area contributed by atoms with Crippen molar-refractivity contribution in [1.82, 2.24) is 20.0 Å². The van der Waals surface area contributed by atoms with E-state index in [0.29, 0.717) is 5.13 Å². The number of fused-ring (bicyclic) bond motifs is 1. The summed E-state index contributed by atoms with van der Waals surface area (Å²) in [5.41, 5.74) is 7.08. The zero-order chi connectivity index (χ0) is 14.1. The molecular formula is C12H15N5O2S. The van der Waals surface area contributed by atoms with Gasteiger partial charge in [0.1, 0.15) is 0 Å². The van der Waals surface area contributed by atoms with E-state index in [1.54, 1.807) is 18.3 Å². The second-order valence-electron chi connectivity index (χ2n) is 4.53. The maximum atomic E-state index is 11.7. The van der Waals surface area contributed by atoms with Gasteiger partial charge < -0.3 is 10.5 Å². The molecule has 2 aromatic rings. The molecular weight excluding hydrogens is 278 g/mol. The van der Waals surface area contributed by atoms with Crippen LogP contribution in [-0.2, 0) is 17.6 Å². The molecule has 0 spiro atoms. The van der Waals surface area contributed by atoms with Crippen molar-refractivity contribution in [2.45, 2.75) is 32.6 Å². The van der Waals surface area contributed by atoms with Crippen LogP contribution in [-0.4, -0.2) is 32.6 Å². The van der Waals surface area contributed by atoms with Crippen LogP contribution in [0, 0.1) is 0 Å². The molecule has 106 valence electrons. The lowest BCUT2D eigenvalue weighted by Gasteiger charge is -2.06. The van der Waals surface area contributed by atoms with Gasteiger partial charge in [-0.05, 0) is 32.6 Å². The Bertz CT molecular complexity index is 625. The summed E-state index contributed by atoms with van der Waals surface area (Å²) in [5.74, 6) is -0.382. The number of aromatic nitrogens is 4. The second kappa shape index (κ2) is 5.20. The Morgan fingerprint density at radius 3 is 3.00 bits per heavy atom. The molecule has 0 unspecified atom stereocenters. The third-order valence-corrected chi connectivity index (χ3v) is 4.32. The van der Waals surface area contributed by atoms with Crippen molar-refractivity contribution in [3.05, 3.63) is 16.3 Å². The number of rotatable bonds is 3. The van der Waals surface area contributed by atoms with Crippen molar-refractivity contribution in [3.63, 3.8) is 0 Å². The Morgan fingerprint density at radius 2 is 2.25 bits per heavy atom. The van der Waals surface area contributed by atoms with E-state index < -0.39 is 5.97 Å². The van der Waals surface area contributed by atoms with E-state index in [0.717, 1.165) is 25.0 Å². The van der Waals surface area contributed by atoms with Gasteiger partial charge in [-0.2, -0.15) is 4.68 Å². The minimum atomic E-state index is -0.558. The fraction of sp³-hybridized carbons (Fsp3) is 0.500. The summed E-state index contributed by atoms with van der Waals surface area (Å²) in [7, 11) is 0. The van der Waals surface area contributed by atoms with Crippen molar-refractivity contribution >= 4 is 23.1 Å². The average Bonchev–Trinajstić information content (AvgIpc) is 3.01. The Kier molecular flexibility index (Phi) is 3.39. The summed E-state index contributed by atoms with van der Waals surface area (Å²) in [6, 6.07) is 0. The van der Waals surface area contributed by atoms with E-state index in [1.807, 2.05) is 0 Å². The highest BCUT2D eigenvalue weighted by Gasteiger charge is 2.23. The number of hydrogen-bond donors (Lipinski definition) is 1. The monoisotopic (exact) mass is 293 g/mol. The Morgan fingerprint density at radius 1 is 1.45 bits per heavy atom. The molecule has 7 nitrogen and oxygen atoms in total. The van der Waals surface area contributed by atoms with Crippen LogP contribution in [0.5, 0.6) is 0 Å². The lowest BCUT2D eigenvalue weighted by Crippen LogP contribution is -2.09. The van der Waals surface area contributed by atoms with Crippen LogP contribution in [0.2, 0.25) is 0 Å². The number of esters is 1. The molecule has 2 heterocycles. The first-order chi connectivity index (χ1) is 9.70. The fourth-order valence-corrected chi connectivity index (χ4v) is 3.31. The topological polar surface area (TPSA) is 95.9 Å². The van der Waals surface area contributed by atoms with E-state index in [1.165, 1.54) is 16.0 Å². The van der Waals surface area contributed by atoms with Crippen LogP contribution >= 0.6 is 11.3 Å². The number of thiazole rings is 1. The molecule has 0 amide bonds. The van der Waals surface area contributed by atoms with E-state index in [9.17, 15) is 4.79 Å². The van der Waals surface area contributed by atoms with Gasteiger partial charge in [0.25, 0.3) is 0 Å². The molecule has 0 aliphatic heterocycles. The molecule has 0 aromatic carbocycles. The quantitative estimate of drug-likeness (QED) is 0.858. The molecule has 0 saturated carbocycles. The Balaban J connectivity index is 1.94. The summed E-state index contributed by atoms with van der Waals surface area (Å²) in [5, 5.41) is 8.38. The summed E-state index contributed by atoms with van der Waals surface area (Å²) in [6.07, 6.45) is 4.39. The van der Waals surface area contributed by atoms with Crippen molar-refractivity contribution in [1.29, 1.82) is 0 Å². The molecule has 1 aliphatic carbocycles. The summed E-state index contributed by atoms with van der Waals surface area (Å²) in [6.45, 7) is 2.00. The van der Waals surface area contributed by atoms with Gasteiger partial charge in [0, 0.05) is 4.88 Å². The normalized spacial score (nSPS) is 14.1. The minimum Gasteiger partial charge on any atom is -0.461 e. The van der Waals surface area contributed by atoms with Crippen LogP contribution in [0.1, 0.15) is 40.8 Å². The van der Waals surface area contributed by atoms with Gasteiger partial charge in [0.05, 0.1) is 12.3 Å². The first-order valence-corrected chi connectivity index (χ1v) is 7.39. The van der Waals surface area contributed by atoms with Gasteiger partial charge in [-0.15, -0.1) is 5.10 Å². The minimum absolute atomic E-state index is 0.0417. The molecule has 0 atom stereocenters. The maximum Gasteiger partial charge on any atom is 0.362 e. The summed E-state index contributed by atoms with van der Waals surface area (Å²) in [4.78, 5) is 17.5. The smallest absolute Gasteiger partial charge is 0.362 e. The van der Waals surface area contributed by atoms with Gasteiger partial charge in [-0.3, -0.25) is 0 Å². The van der Waals surface area contributed by atoms with Crippen LogP contribution in [0.4, 0.5) is 5.82 Å². The molecule has 1 aliphatic rings. The Labute approximate surface area is 119 Å². The fourth-order valence-electron chi connectivity index (χ4n) is 2.20. The SMILES string of the molecule is CCOC(=O)c1nnn(-c2nc3c(s2)CCCC3)c1N. The zero-order valence-electron chi connectivity index (χ0n) is 11.1. The molecule has 0 bridgehead atoms. The van der Waals surface area contributed by atoms with Gasteiger partial charge in [0.2, 0.25) is 10.8 Å². The molecule has 0 saturated heterocycles. The van der Waals surface area contributed by atoms with Gasteiger partial charge in [0.15, 0.2) is 5.82 Å². The Hall–Kier alpha value is -1.96. The highest BCUT2D eigenvalue weighted by molar-refractivity contribution is 7.14. The van der Waals surface area contributed by atoms with Gasteiger partial charge in [-0.25, -0.2) is 9.78 Å². The van der Waals surface area contributed by atoms with Crippen LogP contribution in [0.15, 0.2) is 0 Å². The largest absolute Gasteiger partial charge is 0.461 e. The highest BCUT2D eigenvalue weighted by atomic mass is 32.1.